The van der Waals surface area contributed by atoms with Crippen LogP contribution >= 0.6 is 0 Å². The van der Waals surface area contributed by atoms with Crippen molar-refractivity contribution in [1.82, 2.24) is 4.90 Å². The number of fused-ring (bicyclic) bond motifs is 1. The lowest BCUT2D eigenvalue weighted by Crippen LogP contribution is -2.34. The van der Waals surface area contributed by atoms with Crippen LogP contribution in [0.4, 0.5) is 11.4 Å². The Hall–Kier alpha value is -3.32. The number of aryl methyl sites for hydroxylation is 1. The fourth-order valence-electron chi connectivity index (χ4n) is 3.68. The van der Waals surface area contributed by atoms with Crippen molar-refractivity contribution in [3.8, 4) is 0 Å². The molecule has 1 amide bonds. The Labute approximate surface area is 183 Å². The number of rotatable bonds is 4. The van der Waals surface area contributed by atoms with Gasteiger partial charge in [0.1, 0.15) is 0 Å². The maximum atomic E-state index is 13.2. The molecule has 1 heterocycles. The van der Waals surface area contributed by atoms with E-state index in [1.165, 1.54) is 12.1 Å². The molecule has 7 heteroatoms. The molecule has 0 radical (unpaired) electrons. The molecule has 0 saturated carbocycles. The SMILES string of the molecule is Cc1ccc(NS(=O)(=O)c2cccc(C(=O)N3CCN(C)c4ccccc4C3)c2)cc1. The number of hydrogen-bond donors (Lipinski definition) is 1. The summed E-state index contributed by atoms with van der Waals surface area (Å²) in [5.74, 6) is -0.183. The summed E-state index contributed by atoms with van der Waals surface area (Å²) in [5.41, 5.74) is 4.06. The van der Waals surface area contributed by atoms with Gasteiger partial charge in [0.25, 0.3) is 15.9 Å². The van der Waals surface area contributed by atoms with Gasteiger partial charge in [-0.25, -0.2) is 8.42 Å². The molecule has 0 atom stereocenters. The highest BCUT2D eigenvalue weighted by Crippen LogP contribution is 2.25. The van der Waals surface area contributed by atoms with Gasteiger partial charge in [0, 0.05) is 43.6 Å². The van der Waals surface area contributed by atoms with Crippen molar-refractivity contribution in [2.75, 3.05) is 29.8 Å². The van der Waals surface area contributed by atoms with Gasteiger partial charge in [-0.15, -0.1) is 0 Å². The summed E-state index contributed by atoms with van der Waals surface area (Å²) in [6.45, 7) is 3.68. The highest BCUT2D eigenvalue weighted by atomic mass is 32.2. The highest BCUT2D eigenvalue weighted by molar-refractivity contribution is 7.92. The van der Waals surface area contributed by atoms with Gasteiger partial charge in [-0.05, 0) is 48.9 Å². The number of nitrogens with one attached hydrogen (secondary N) is 1. The van der Waals surface area contributed by atoms with Crippen molar-refractivity contribution in [1.29, 1.82) is 0 Å². The molecule has 31 heavy (non-hydrogen) atoms. The van der Waals surface area contributed by atoms with Gasteiger partial charge in [-0.3, -0.25) is 9.52 Å². The zero-order valence-electron chi connectivity index (χ0n) is 17.6. The minimum absolute atomic E-state index is 0.0614. The van der Waals surface area contributed by atoms with Crippen molar-refractivity contribution in [2.45, 2.75) is 18.4 Å². The first kappa shape index (κ1) is 20.9. The molecule has 0 aliphatic carbocycles. The molecule has 0 fully saturated rings. The minimum atomic E-state index is -3.81. The summed E-state index contributed by atoms with van der Waals surface area (Å²) in [4.78, 5) is 17.2. The molecule has 0 unspecified atom stereocenters. The van der Waals surface area contributed by atoms with Crippen LogP contribution in [0, 0.1) is 6.92 Å². The lowest BCUT2D eigenvalue weighted by molar-refractivity contribution is 0.0751. The Kier molecular flexibility index (Phi) is 5.69. The molecular weight excluding hydrogens is 410 g/mol. The Morgan fingerprint density at radius 3 is 2.45 bits per heavy atom. The summed E-state index contributed by atoms with van der Waals surface area (Å²) >= 11 is 0. The van der Waals surface area contributed by atoms with E-state index in [1.807, 2.05) is 50.4 Å². The van der Waals surface area contributed by atoms with Crippen LogP contribution in [0.15, 0.2) is 77.7 Å². The second kappa shape index (κ2) is 8.43. The van der Waals surface area contributed by atoms with Gasteiger partial charge >= 0.3 is 0 Å². The van der Waals surface area contributed by atoms with Gasteiger partial charge in [0.05, 0.1) is 4.90 Å². The van der Waals surface area contributed by atoms with E-state index in [9.17, 15) is 13.2 Å². The van der Waals surface area contributed by atoms with Crippen molar-refractivity contribution in [2.24, 2.45) is 0 Å². The number of amides is 1. The van der Waals surface area contributed by atoms with E-state index in [1.54, 1.807) is 29.2 Å². The van der Waals surface area contributed by atoms with E-state index >= 15 is 0 Å². The van der Waals surface area contributed by atoms with Crippen molar-refractivity contribution < 1.29 is 13.2 Å². The molecule has 4 rings (SSSR count). The molecule has 160 valence electrons. The first-order valence-corrected chi connectivity index (χ1v) is 11.6. The van der Waals surface area contributed by atoms with Gasteiger partial charge in [-0.1, -0.05) is 42.0 Å². The number of benzene rings is 3. The van der Waals surface area contributed by atoms with E-state index < -0.39 is 10.0 Å². The third-order valence-corrected chi connectivity index (χ3v) is 6.83. The predicted octanol–water partition coefficient (Wildman–Crippen LogP) is 3.89. The minimum Gasteiger partial charge on any atom is -0.373 e. The Balaban J connectivity index is 1.58. The molecule has 6 nitrogen and oxygen atoms in total. The smallest absolute Gasteiger partial charge is 0.261 e. The summed E-state index contributed by atoms with van der Waals surface area (Å²) in [7, 11) is -1.80. The molecule has 1 aliphatic rings. The average Bonchev–Trinajstić information content (AvgIpc) is 2.94. The molecule has 0 bridgehead atoms. The number of para-hydroxylation sites is 1. The summed E-state index contributed by atoms with van der Waals surface area (Å²) in [5, 5.41) is 0. The number of nitrogens with zero attached hydrogens (tertiary/aromatic N) is 2. The van der Waals surface area contributed by atoms with E-state index in [2.05, 4.69) is 9.62 Å². The molecule has 0 aromatic heterocycles. The Bertz CT molecular complexity index is 1210. The van der Waals surface area contributed by atoms with Crippen LogP contribution in [0.3, 0.4) is 0 Å². The number of likely N-dealkylation sites (N-methyl/N-ethyl adjacent to an activating group) is 1. The topological polar surface area (TPSA) is 69.7 Å². The van der Waals surface area contributed by atoms with Gasteiger partial charge < -0.3 is 9.80 Å². The first-order valence-electron chi connectivity index (χ1n) is 10.1. The van der Waals surface area contributed by atoms with Crippen LogP contribution in [-0.4, -0.2) is 39.4 Å². The van der Waals surface area contributed by atoms with Crippen LogP contribution in [0.5, 0.6) is 0 Å². The quantitative estimate of drug-likeness (QED) is 0.675. The Morgan fingerprint density at radius 1 is 0.935 bits per heavy atom. The first-order chi connectivity index (χ1) is 14.8. The van der Waals surface area contributed by atoms with Crippen LogP contribution in [-0.2, 0) is 16.6 Å². The summed E-state index contributed by atoms with van der Waals surface area (Å²) in [6.07, 6.45) is 0. The van der Waals surface area contributed by atoms with Crippen LogP contribution in [0.1, 0.15) is 21.5 Å². The zero-order chi connectivity index (χ0) is 22.0. The normalized spacial score (nSPS) is 14.0. The lowest BCUT2D eigenvalue weighted by atomic mass is 10.1. The molecule has 1 aliphatic heterocycles. The highest BCUT2D eigenvalue weighted by Gasteiger charge is 2.23. The summed E-state index contributed by atoms with van der Waals surface area (Å²) < 4.78 is 28.3. The third-order valence-electron chi connectivity index (χ3n) is 5.45. The fraction of sp³-hybridized carbons (Fsp3) is 0.208. The second-order valence-corrected chi connectivity index (χ2v) is 9.46. The monoisotopic (exact) mass is 435 g/mol. The van der Waals surface area contributed by atoms with Gasteiger partial charge in [0.15, 0.2) is 0 Å². The molecule has 1 N–H and O–H groups in total. The average molecular weight is 436 g/mol. The van der Waals surface area contributed by atoms with E-state index in [0.29, 0.717) is 30.9 Å². The van der Waals surface area contributed by atoms with E-state index in [-0.39, 0.29) is 10.8 Å². The van der Waals surface area contributed by atoms with E-state index in [0.717, 1.165) is 16.8 Å². The largest absolute Gasteiger partial charge is 0.373 e. The van der Waals surface area contributed by atoms with Crippen molar-refractivity contribution in [3.63, 3.8) is 0 Å². The van der Waals surface area contributed by atoms with Crippen LogP contribution < -0.4 is 9.62 Å². The molecule has 3 aromatic rings. The number of carbonyl (C=O) groups is 1. The van der Waals surface area contributed by atoms with Crippen molar-refractivity contribution in [3.05, 3.63) is 89.5 Å². The van der Waals surface area contributed by atoms with Crippen LogP contribution in [0.2, 0.25) is 0 Å². The fourth-order valence-corrected chi connectivity index (χ4v) is 4.78. The lowest BCUT2D eigenvalue weighted by Gasteiger charge is -2.21. The molecular formula is C24H25N3O3S. The van der Waals surface area contributed by atoms with Gasteiger partial charge in [-0.2, -0.15) is 0 Å². The van der Waals surface area contributed by atoms with Gasteiger partial charge in [0.2, 0.25) is 0 Å². The number of sulfonamides is 1. The summed E-state index contributed by atoms with van der Waals surface area (Å²) in [6, 6.07) is 21.3. The van der Waals surface area contributed by atoms with Crippen LogP contribution in [0.25, 0.3) is 0 Å². The van der Waals surface area contributed by atoms with E-state index in [4.69, 9.17) is 0 Å². The molecule has 0 saturated heterocycles. The second-order valence-electron chi connectivity index (χ2n) is 7.78. The number of hydrogen-bond acceptors (Lipinski definition) is 4. The Morgan fingerprint density at radius 2 is 1.68 bits per heavy atom. The standard InChI is InChI=1S/C24H25N3O3S/c1-18-10-12-21(13-11-18)25-31(29,30)22-8-5-7-19(16-22)24(28)27-15-14-26(2)23-9-4-3-6-20(23)17-27/h3-13,16,25H,14-15,17H2,1-2H3. The predicted molar refractivity (Wildman–Crippen MR) is 123 cm³/mol. The number of anilines is 2. The molecule has 0 spiro atoms. The maximum Gasteiger partial charge on any atom is 0.261 e. The number of carbonyl (C=O) groups excluding carboxylic acids is 1. The van der Waals surface area contributed by atoms with Crippen molar-refractivity contribution >= 4 is 27.3 Å². The third kappa shape index (κ3) is 4.56. The maximum absolute atomic E-state index is 13.2. The molecule has 3 aromatic carbocycles. The zero-order valence-corrected chi connectivity index (χ0v) is 18.4.